The highest BCUT2D eigenvalue weighted by Crippen LogP contribution is 2.26. The zero-order valence-corrected chi connectivity index (χ0v) is 13.6. The van der Waals surface area contributed by atoms with Gasteiger partial charge in [-0.15, -0.1) is 0 Å². The summed E-state index contributed by atoms with van der Waals surface area (Å²) in [5.74, 6) is -0.333. The molecule has 0 saturated heterocycles. The highest BCUT2D eigenvalue weighted by molar-refractivity contribution is 6.36. The largest absolute Gasteiger partial charge is 0.376 e. The van der Waals surface area contributed by atoms with Crippen LogP contribution in [0.15, 0.2) is 36.4 Å². The fraction of sp³-hybridized carbons (Fsp3) is 0.133. The maximum absolute atomic E-state index is 12.0. The maximum atomic E-state index is 12.0. The number of amides is 1. The molecule has 2 aromatic rings. The molecule has 0 aliphatic carbocycles. The van der Waals surface area contributed by atoms with E-state index < -0.39 is 4.92 Å². The van der Waals surface area contributed by atoms with E-state index in [1.807, 2.05) is 0 Å². The Hall–Kier alpha value is -2.31. The van der Waals surface area contributed by atoms with Gasteiger partial charge in [0.25, 0.3) is 5.69 Å². The van der Waals surface area contributed by atoms with Crippen LogP contribution in [0.25, 0.3) is 0 Å². The van der Waals surface area contributed by atoms with Crippen LogP contribution in [0.1, 0.15) is 5.56 Å². The molecule has 2 N–H and O–H groups in total. The smallest absolute Gasteiger partial charge is 0.274 e. The van der Waals surface area contributed by atoms with Crippen molar-refractivity contribution in [2.45, 2.75) is 6.92 Å². The first-order valence-electron chi connectivity index (χ1n) is 6.61. The molecule has 0 aromatic heterocycles. The van der Waals surface area contributed by atoms with Crippen LogP contribution in [0.3, 0.4) is 0 Å². The standard InChI is InChI=1S/C15H13Cl2N3O3/c1-9-12(3-2-4-14(9)20(22)23)18-8-15(21)19-13-6-5-10(16)7-11(13)17/h2-7,18H,8H2,1H3,(H,19,21). The lowest BCUT2D eigenvalue weighted by Gasteiger charge is -2.11. The number of carbonyl (C=O) groups excluding carboxylic acids is 1. The van der Waals surface area contributed by atoms with Crippen LogP contribution in [-0.2, 0) is 4.79 Å². The van der Waals surface area contributed by atoms with Crippen molar-refractivity contribution in [3.8, 4) is 0 Å². The third-order valence-electron chi connectivity index (χ3n) is 3.15. The molecule has 23 heavy (non-hydrogen) atoms. The van der Waals surface area contributed by atoms with Crippen LogP contribution in [-0.4, -0.2) is 17.4 Å². The molecule has 0 fully saturated rings. The van der Waals surface area contributed by atoms with Gasteiger partial charge in [0.05, 0.1) is 22.2 Å². The topological polar surface area (TPSA) is 84.3 Å². The molecular formula is C15H13Cl2N3O3. The van der Waals surface area contributed by atoms with Gasteiger partial charge in [0.1, 0.15) is 0 Å². The normalized spacial score (nSPS) is 10.2. The van der Waals surface area contributed by atoms with E-state index in [1.165, 1.54) is 12.1 Å². The fourth-order valence-electron chi connectivity index (χ4n) is 1.97. The Bertz CT molecular complexity index is 766. The van der Waals surface area contributed by atoms with Crippen LogP contribution < -0.4 is 10.6 Å². The Kier molecular flexibility index (Phi) is 5.41. The predicted molar refractivity (Wildman–Crippen MR) is 91.4 cm³/mol. The van der Waals surface area contributed by atoms with Gasteiger partial charge < -0.3 is 10.6 Å². The first-order chi connectivity index (χ1) is 10.9. The van der Waals surface area contributed by atoms with Gasteiger partial charge in [0.2, 0.25) is 5.91 Å². The molecule has 0 bridgehead atoms. The fourth-order valence-corrected chi connectivity index (χ4v) is 2.43. The molecule has 0 spiro atoms. The second kappa shape index (κ2) is 7.30. The number of nitro benzene ring substituents is 1. The number of anilines is 2. The third kappa shape index (κ3) is 4.34. The number of nitrogens with one attached hydrogen (secondary N) is 2. The SMILES string of the molecule is Cc1c(NCC(=O)Nc2ccc(Cl)cc2Cl)cccc1[N+](=O)[O-]. The Balaban J connectivity index is 2.02. The quantitative estimate of drug-likeness (QED) is 0.621. The first-order valence-corrected chi connectivity index (χ1v) is 7.37. The summed E-state index contributed by atoms with van der Waals surface area (Å²) in [5, 5.41) is 17.2. The Labute approximate surface area is 142 Å². The number of carbonyl (C=O) groups is 1. The minimum atomic E-state index is -0.464. The van der Waals surface area contributed by atoms with Crippen LogP contribution in [0.4, 0.5) is 17.1 Å². The van der Waals surface area contributed by atoms with Crippen molar-refractivity contribution in [2.75, 3.05) is 17.2 Å². The average molecular weight is 354 g/mol. The molecule has 0 atom stereocenters. The minimum Gasteiger partial charge on any atom is -0.376 e. The molecule has 2 aromatic carbocycles. The van der Waals surface area contributed by atoms with E-state index in [9.17, 15) is 14.9 Å². The van der Waals surface area contributed by atoms with Gasteiger partial charge in [-0.05, 0) is 31.2 Å². The maximum Gasteiger partial charge on any atom is 0.274 e. The summed E-state index contributed by atoms with van der Waals surface area (Å²) >= 11 is 11.8. The number of hydrogen-bond acceptors (Lipinski definition) is 4. The van der Waals surface area contributed by atoms with E-state index in [4.69, 9.17) is 23.2 Å². The van der Waals surface area contributed by atoms with Crippen LogP contribution in [0, 0.1) is 17.0 Å². The monoisotopic (exact) mass is 353 g/mol. The van der Waals surface area contributed by atoms with Crippen molar-refractivity contribution < 1.29 is 9.72 Å². The highest BCUT2D eigenvalue weighted by Gasteiger charge is 2.14. The first kappa shape index (κ1) is 17.1. The molecule has 0 saturated carbocycles. The van der Waals surface area contributed by atoms with Gasteiger partial charge in [-0.25, -0.2) is 0 Å². The summed E-state index contributed by atoms with van der Waals surface area (Å²) in [5.41, 5.74) is 1.43. The van der Waals surface area contributed by atoms with Crippen molar-refractivity contribution in [3.63, 3.8) is 0 Å². The number of nitrogens with zero attached hydrogens (tertiary/aromatic N) is 1. The second-order valence-corrected chi connectivity index (χ2v) is 5.58. The zero-order chi connectivity index (χ0) is 17.0. The number of halogens is 2. The summed E-state index contributed by atoms with van der Waals surface area (Å²) in [6, 6.07) is 9.37. The Morgan fingerprint density at radius 1 is 1.22 bits per heavy atom. The molecule has 0 unspecified atom stereocenters. The average Bonchev–Trinajstić information content (AvgIpc) is 2.49. The summed E-state index contributed by atoms with van der Waals surface area (Å²) in [6.45, 7) is 1.56. The van der Waals surface area contributed by atoms with Gasteiger partial charge in [-0.1, -0.05) is 29.3 Å². The molecule has 8 heteroatoms. The summed E-state index contributed by atoms with van der Waals surface area (Å²) in [4.78, 5) is 22.4. The number of rotatable bonds is 5. The van der Waals surface area contributed by atoms with Crippen molar-refractivity contribution in [3.05, 3.63) is 62.1 Å². The molecule has 1 amide bonds. The third-order valence-corrected chi connectivity index (χ3v) is 3.69. The van der Waals surface area contributed by atoms with E-state index in [1.54, 1.807) is 31.2 Å². The lowest BCUT2D eigenvalue weighted by atomic mass is 10.1. The van der Waals surface area contributed by atoms with E-state index in [0.29, 0.717) is 27.0 Å². The van der Waals surface area contributed by atoms with Gasteiger partial charge >= 0.3 is 0 Å². The number of nitro groups is 1. The Morgan fingerprint density at radius 3 is 2.61 bits per heavy atom. The van der Waals surface area contributed by atoms with E-state index in [2.05, 4.69) is 10.6 Å². The minimum absolute atomic E-state index is 0.00356. The molecule has 0 heterocycles. The van der Waals surface area contributed by atoms with Crippen molar-refractivity contribution in [2.24, 2.45) is 0 Å². The summed E-state index contributed by atoms with van der Waals surface area (Å²) in [6.07, 6.45) is 0. The summed E-state index contributed by atoms with van der Waals surface area (Å²) in [7, 11) is 0. The summed E-state index contributed by atoms with van der Waals surface area (Å²) < 4.78 is 0. The number of hydrogen-bond donors (Lipinski definition) is 2. The molecule has 6 nitrogen and oxygen atoms in total. The van der Waals surface area contributed by atoms with Crippen LogP contribution in [0.2, 0.25) is 10.0 Å². The van der Waals surface area contributed by atoms with E-state index >= 15 is 0 Å². The zero-order valence-electron chi connectivity index (χ0n) is 12.1. The van der Waals surface area contributed by atoms with Crippen LogP contribution in [0.5, 0.6) is 0 Å². The molecule has 0 aliphatic heterocycles. The van der Waals surface area contributed by atoms with Crippen molar-refractivity contribution in [1.29, 1.82) is 0 Å². The van der Waals surface area contributed by atoms with Gasteiger partial charge in [0.15, 0.2) is 0 Å². The number of benzene rings is 2. The highest BCUT2D eigenvalue weighted by atomic mass is 35.5. The molecule has 2 rings (SSSR count). The van der Waals surface area contributed by atoms with E-state index in [0.717, 1.165) is 0 Å². The lowest BCUT2D eigenvalue weighted by molar-refractivity contribution is -0.385. The van der Waals surface area contributed by atoms with Crippen LogP contribution >= 0.6 is 23.2 Å². The van der Waals surface area contributed by atoms with Gasteiger partial charge in [-0.3, -0.25) is 14.9 Å². The molecule has 120 valence electrons. The molecule has 0 radical (unpaired) electrons. The Morgan fingerprint density at radius 2 is 1.96 bits per heavy atom. The van der Waals surface area contributed by atoms with Crippen molar-refractivity contribution in [1.82, 2.24) is 0 Å². The molecular weight excluding hydrogens is 341 g/mol. The predicted octanol–water partition coefficient (Wildman–Crippen LogP) is 4.26. The van der Waals surface area contributed by atoms with Crippen molar-refractivity contribution >= 4 is 46.2 Å². The second-order valence-electron chi connectivity index (χ2n) is 4.73. The van der Waals surface area contributed by atoms with Gasteiger partial charge in [0, 0.05) is 22.3 Å². The molecule has 0 aliphatic rings. The van der Waals surface area contributed by atoms with E-state index in [-0.39, 0.29) is 18.1 Å². The van der Waals surface area contributed by atoms with Gasteiger partial charge in [-0.2, -0.15) is 0 Å². The lowest BCUT2D eigenvalue weighted by Crippen LogP contribution is -2.22.